The number of rotatable bonds is 4. The zero-order valence-corrected chi connectivity index (χ0v) is 13.0. The highest BCUT2D eigenvalue weighted by Crippen LogP contribution is 2.51. The molecule has 0 heterocycles. The third kappa shape index (κ3) is 3.52. The number of nitrogens with one attached hydrogen (secondary N) is 1. The molecule has 0 bridgehead atoms. The molecule has 1 amide bonds. The predicted octanol–water partition coefficient (Wildman–Crippen LogP) is 2.67. The van der Waals surface area contributed by atoms with E-state index >= 15 is 0 Å². The molecule has 116 valence electrons. The summed E-state index contributed by atoms with van der Waals surface area (Å²) in [4.78, 5) is 10.8. The molecule has 1 N–H and O–H groups in total. The molecular weight excluding hydrogens is 324 g/mol. The van der Waals surface area contributed by atoms with Gasteiger partial charge in [-0.15, -0.1) is 0 Å². The average Bonchev–Trinajstić information content (AvgIpc) is 2.95. The van der Waals surface area contributed by atoms with Crippen LogP contribution < -0.4 is 5.32 Å². The first kappa shape index (κ1) is 16.2. The number of hydrogen-bond acceptors (Lipinski definition) is 3. The Kier molecular flexibility index (Phi) is 4.01. The molecule has 0 saturated heterocycles. The number of hydrogen-bond donors (Lipinski definition) is 1. The van der Waals surface area contributed by atoms with E-state index in [2.05, 4.69) is 5.32 Å². The molecule has 2 rings (SSSR count). The topological polar surface area (TPSA) is 63.2 Å². The molecule has 1 fully saturated rings. The SMILES string of the molecule is CC1(C)CC1CNC(=O)c1cc(F)cc(S(=O)(=O)Cl)c1F. The molecular formula is C13H14ClF2NO3S. The number of carbonyl (C=O) groups is 1. The molecule has 1 unspecified atom stereocenters. The Hall–Kier alpha value is -1.21. The van der Waals surface area contributed by atoms with Gasteiger partial charge in [0.1, 0.15) is 10.7 Å². The van der Waals surface area contributed by atoms with E-state index in [4.69, 9.17) is 10.7 Å². The fourth-order valence-corrected chi connectivity index (χ4v) is 3.06. The summed E-state index contributed by atoms with van der Waals surface area (Å²) in [5.74, 6) is -2.99. The Bertz CT molecular complexity index is 704. The quantitative estimate of drug-likeness (QED) is 0.859. The van der Waals surface area contributed by atoms with Crippen LogP contribution in [0.25, 0.3) is 0 Å². The summed E-state index contributed by atoms with van der Waals surface area (Å²) in [5.41, 5.74) is -0.550. The Labute approximate surface area is 125 Å². The zero-order valence-electron chi connectivity index (χ0n) is 11.4. The normalized spacial score (nSPS) is 20.1. The molecule has 21 heavy (non-hydrogen) atoms. The molecule has 1 aromatic carbocycles. The van der Waals surface area contributed by atoms with Crippen LogP contribution in [-0.4, -0.2) is 20.9 Å². The van der Waals surface area contributed by atoms with E-state index in [9.17, 15) is 22.0 Å². The van der Waals surface area contributed by atoms with Crippen LogP contribution in [0.1, 0.15) is 30.6 Å². The van der Waals surface area contributed by atoms with Crippen LogP contribution in [0.2, 0.25) is 0 Å². The van der Waals surface area contributed by atoms with E-state index in [1.807, 2.05) is 13.8 Å². The van der Waals surface area contributed by atoms with Crippen molar-refractivity contribution in [3.63, 3.8) is 0 Å². The fraction of sp³-hybridized carbons (Fsp3) is 0.462. The first-order valence-corrected chi connectivity index (χ1v) is 8.55. The second-order valence-corrected chi connectivity index (χ2v) is 8.34. The van der Waals surface area contributed by atoms with Gasteiger partial charge in [-0.05, 0) is 29.9 Å². The van der Waals surface area contributed by atoms with Crippen LogP contribution in [-0.2, 0) is 9.05 Å². The van der Waals surface area contributed by atoms with Crippen LogP contribution in [0.4, 0.5) is 8.78 Å². The van der Waals surface area contributed by atoms with E-state index in [0.29, 0.717) is 18.7 Å². The van der Waals surface area contributed by atoms with Crippen LogP contribution in [0.3, 0.4) is 0 Å². The van der Waals surface area contributed by atoms with Gasteiger partial charge in [0.25, 0.3) is 15.0 Å². The van der Waals surface area contributed by atoms with Crippen molar-refractivity contribution < 1.29 is 22.0 Å². The number of halogens is 3. The average molecular weight is 338 g/mol. The Morgan fingerprint density at radius 3 is 2.48 bits per heavy atom. The van der Waals surface area contributed by atoms with Crippen molar-refractivity contribution >= 4 is 25.6 Å². The second-order valence-electron chi connectivity index (χ2n) is 5.80. The molecule has 1 saturated carbocycles. The summed E-state index contributed by atoms with van der Waals surface area (Å²) >= 11 is 0. The largest absolute Gasteiger partial charge is 0.352 e. The molecule has 4 nitrogen and oxygen atoms in total. The standard InChI is InChI=1S/C13H14ClF2NO3S/c1-13(2)5-7(13)6-17-12(18)9-3-8(15)4-10(11(9)16)21(14,19)20/h3-4,7H,5-6H2,1-2H3,(H,17,18). The lowest BCUT2D eigenvalue weighted by atomic mass is 10.1. The minimum Gasteiger partial charge on any atom is -0.352 e. The molecule has 1 atom stereocenters. The van der Waals surface area contributed by atoms with Gasteiger partial charge in [-0.25, -0.2) is 17.2 Å². The Morgan fingerprint density at radius 1 is 1.43 bits per heavy atom. The number of benzene rings is 1. The van der Waals surface area contributed by atoms with Gasteiger partial charge in [0.15, 0.2) is 5.82 Å². The van der Waals surface area contributed by atoms with Gasteiger partial charge in [0.05, 0.1) is 5.56 Å². The summed E-state index contributed by atoms with van der Waals surface area (Å²) < 4.78 is 49.7. The first-order chi connectivity index (χ1) is 9.52. The van der Waals surface area contributed by atoms with E-state index in [1.54, 1.807) is 0 Å². The lowest BCUT2D eigenvalue weighted by Gasteiger charge is -2.09. The summed E-state index contributed by atoms with van der Waals surface area (Å²) in [7, 11) is 0.549. The third-order valence-corrected chi connectivity index (χ3v) is 5.06. The fourth-order valence-electron chi connectivity index (χ4n) is 2.14. The number of amides is 1. The van der Waals surface area contributed by atoms with E-state index < -0.39 is 37.1 Å². The van der Waals surface area contributed by atoms with E-state index in [1.165, 1.54) is 0 Å². The molecule has 8 heteroatoms. The maximum absolute atomic E-state index is 14.0. The molecule has 0 aromatic heterocycles. The van der Waals surface area contributed by atoms with Crippen molar-refractivity contribution in [1.29, 1.82) is 0 Å². The van der Waals surface area contributed by atoms with Crippen molar-refractivity contribution in [1.82, 2.24) is 5.32 Å². The Balaban J connectivity index is 2.23. The van der Waals surface area contributed by atoms with Crippen molar-refractivity contribution in [3.05, 3.63) is 29.3 Å². The van der Waals surface area contributed by atoms with Gasteiger partial charge in [-0.1, -0.05) is 13.8 Å². The molecule has 0 aliphatic heterocycles. The summed E-state index contributed by atoms with van der Waals surface area (Å²) in [6.45, 7) is 4.39. The lowest BCUT2D eigenvalue weighted by Crippen LogP contribution is -2.28. The molecule has 1 aliphatic carbocycles. The zero-order chi connectivity index (χ0) is 16.0. The monoisotopic (exact) mass is 337 g/mol. The Morgan fingerprint density at radius 2 is 2.00 bits per heavy atom. The summed E-state index contributed by atoms with van der Waals surface area (Å²) in [6.07, 6.45) is 0.931. The highest BCUT2D eigenvalue weighted by Gasteiger charge is 2.45. The van der Waals surface area contributed by atoms with Gasteiger partial charge in [-0.3, -0.25) is 4.79 Å². The third-order valence-electron chi connectivity index (χ3n) is 3.74. The maximum atomic E-state index is 14.0. The smallest absolute Gasteiger partial charge is 0.264 e. The highest BCUT2D eigenvalue weighted by molar-refractivity contribution is 8.13. The molecule has 0 radical (unpaired) electrons. The molecule has 1 aromatic rings. The van der Waals surface area contributed by atoms with Crippen molar-refractivity contribution in [3.8, 4) is 0 Å². The molecule has 0 spiro atoms. The van der Waals surface area contributed by atoms with E-state index in [-0.39, 0.29) is 11.3 Å². The highest BCUT2D eigenvalue weighted by atomic mass is 35.7. The second kappa shape index (κ2) is 5.21. The van der Waals surface area contributed by atoms with Gasteiger partial charge in [0.2, 0.25) is 0 Å². The van der Waals surface area contributed by atoms with Crippen molar-refractivity contribution in [2.75, 3.05) is 6.54 Å². The molecule has 1 aliphatic rings. The van der Waals surface area contributed by atoms with Gasteiger partial charge >= 0.3 is 0 Å². The summed E-state index contributed by atoms with van der Waals surface area (Å²) in [6, 6.07) is 1.09. The van der Waals surface area contributed by atoms with Crippen molar-refractivity contribution in [2.24, 2.45) is 11.3 Å². The van der Waals surface area contributed by atoms with Crippen LogP contribution in [0.5, 0.6) is 0 Å². The van der Waals surface area contributed by atoms with Crippen LogP contribution >= 0.6 is 10.7 Å². The first-order valence-electron chi connectivity index (χ1n) is 6.24. The maximum Gasteiger partial charge on any atom is 0.264 e. The minimum atomic E-state index is -4.47. The van der Waals surface area contributed by atoms with Gasteiger partial charge < -0.3 is 5.32 Å². The lowest BCUT2D eigenvalue weighted by molar-refractivity contribution is 0.0945. The van der Waals surface area contributed by atoms with Crippen molar-refractivity contribution in [2.45, 2.75) is 25.2 Å². The predicted molar refractivity (Wildman–Crippen MR) is 73.6 cm³/mol. The van der Waals surface area contributed by atoms with Gasteiger partial charge in [0, 0.05) is 17.2 Å². The number of carbonyl (C=O) groups excluding carboxylic acids is 1. The summed E-state index contributed by atoms with van der Waals surface area (Å²) in [5, 5.41) is 2.48. The minimum absolute atomic E-state index is 0.123. The van der Waals surface area contributed by atoms with E-state index in [0.717, 1.165) is 6.42 Å². The van der Waals surface area contributed by atoms with Crippen LogP contribution in [0, 0.1) is 23.0 Å². The van der Waals surface area contributed by atoms with Crippen LogP contribution in [0.15, 0.2) is 17.0 Å². The van der Waals surface area contributed by atoms with Gasteiger partial charge in [-0.2, -0.15) is 0 Å².